The van der Waals surface area contributed by atoms with Crippen molar-refractivity contribution in [2.45, 2.75) is 6.92 Å². The number of hydrogen-bond acceptors (Lipinski definition) is 3. The molecule has 15 heavy (non-hydrogen) atoms. The molecule has 0 heterocycles. The van der Waals surface area contributed by atoms with E-state index in [1.165, 1.54) is 0 Å². The molecular formula is C11H12BrNO2. The van der Waals surface area contributed by atoms with Crippen LogP contribution in [-0.4, -0.2) is 23.6 Å². The van der Waals surface area contributed by atoms with Gasteiger partial charge in [0.05, 0.1) is 11.9 Å². The zero-order valence-electron chi connectivity index (χ0n) is 8.42. The molecular weight excluding hydrogens is 258 g/mol. The van der Waals surface area contributed by atoms with Crippen molar-refractivity contribution in [3.05, 3.63) is 35.4 Å². The summed E-state index contributed by atoms with van der Waals surface area (Å²) < 4.78 is 5.06. The summed E-state index contributed by atoms with van der Waals surface area (Å²) in [5.74, 6) is 0.0999. The van der Waals surface area contributed by atoms with Gasteiger partial charge in [0.2, 0.25) is 5.90 Å². The molecule has 0 radical (unpaired) electrons. The molecule has 0 aliphatic heterocycles. The highest BCUT2D eigenvalue weighted by Crippen LogP contribution is 2.08. The van der Waals surface area contributed by atoms with Gasteiger partial charge in [0, 0.05) is 11.1 Å². The largest absolute Gasteiger partial charge is 0.478 e. The maximum Gasteiger partial charge on any atom is 0.213 e. The average molecular weight is 270 g/mol. The van der Waals surface area contributed by atoms with E-state index in [4.69, 9.17) is 10.1 Å². The number of ether oxygens (including phenoxy) is 1. The van der Waals surface area contributed by atoms with Crippen LogP contribution in [0.1, 0.15) is 22.8 Å². The van der Waals surface area contributed by atoms with Crippen LogP contribution in [0.25, 0.3) is 0 Å². The van der Waals surface area contributed by atoms with E-state index >= 15 is 0 Å². The van der Waals surface area contributed by atoms with Crippen LogP contribution in [0, 0.1) is 5.41 Å². The summed E-state index contributed by atoms with van der Waals surface area (Å²) in [7, 11) is 0. The van der Waals surface area contributed by atoms with E-state index in [9.17, 15) is 4.79 Å². The van der Waals surface area contributed by atoms with Crippen molar-refractivity contribution < 1.29 is 9.53 Å². The number of rotatable bonds is 4. The van der Waals surface area contributed by atoms with Gasteiger partial charge in [0.1, 0.15) is 0 Å². The molecule has 1 rings (SSSR count). The Morgan fingerprint density at radius 1 is 1.47 bits per heavy atom. The minimum Gasteiger partial charge on any atom is -0.478 e. The second-order valence-electron chi connectivity index (χ2n) is 2.90. The Bertz CT molecular complexity index is 377. The molecule has 1 N–H and O–H groups in total. The van der Waals surface area contributed by atoms with Crippen LogP contribution in [0.4, 0.5) is 0 Å². The number of benzene rings is 1. The van der Waals surface area contributed by atoms with Crippen LogP contribution in [0.15, 0.2) is 24.3 Å². The number of carbonyl (C=O) groups excluding carboxylic acids is 1. The summed E-state index contributed by atoms with van der Waals surface area (Å²) >= 11 is 3.11. The molecule has 1 aromatic rings. The van der Waals surface area contributed by atoms with E-state index in [2.05, 4.69) is 15.9 Å². The van der Waals surface area contributed by atoms with Crippen LogP contribution in [-0.2, 0) is 4.74 Å². The molecule has 0 saturated heterocycles. The topological polar surface area (TPSA) is 50.1 Å². The van der Waals surface area contributed by atoms with E-state index in [1.807, 2.05) is 6.92 Å². The molecule has 4 heteroatoms. The number of carbonyl (C=O) groups is 1. The van der Waals surface area contributed by atoms with Crippen molar-refractivity contribution in [2.75, 3.05) is 11.9 Å². The van der Waals surface area contributed by atoms with Gasteiger partial charge in [0.25, 0.3) is 0 Å². The summed E-state index contributed by atoms with van der Waals surface area (Å²) in [5.41, 5.74) is 1.22. The Labute approximate surface area is 97.1 Å². The summed E-state index contributed by atoms with van der Waals surface area (Å²) in [5, 5.41) is 7.87. The van der Waals surface area contributed by atoms with Gasteiger partial charge >= 0.3 is 0 Å². The predicted octanol–water partition coefficient (Wildman–Crippen LogP) is 2.63. The van der Waals surface area contributed by atoms with Gasteiger partial charge in [-0.15, -0.1) is 0 Å². The lowest BCUT2D eigenvalue weighted by atomic mass is 10.1. The molecule has 0 fully saturated rings. The number of alkyl halides is 1. The molecule has 0 aromatic heterocycles. The number of nitrogens with one attached hydrogen (secondary N) is 1. The summed E-state index contributed by atoms with van der Waals surface area (Å²) in [6.45, 7) is 2.28. The molecule has 0 bridgehead atoms. The summed E-state index contributed by atoms with van der Waals surface area (Å²) in [4.78, 5) is 11.4. The van der Waals surface area contributed by atoms with Crippen molar-refractivity contribution in [1.82, 2.24) is 0 Å². The molecule has 0 amide bonds. The number of halogens is 1. The first-order chi connectivity index (χ1) is 7.19. The Balaban J connectivity index is 2.92. The highest BCUT2D eigenvalue weighted by Gasteiger charge is 2.07. The van der Waals surface area contributed by atoms with Crippen molar-refractivity contribution in [2.24, 2.45) is 0 Å². The third-order valence-electron chi connectivity index (χ3n) is 1.86. The van der Waals surface area contributed by atoms with Crippen LogP contribution >= 0.6 is 15.9 Å². The molecule has 1 aromatic carbocycles. The van der Waals surface area contributed by atoms with Crippen molar-refractivity contribution >= 4 is 27.6 Å². The minimum atomic E-state index is 0.00106. The fourth-order valence-corrected chi connectivity index (χ4v) is 1.46. The van der Waals surface area contributed by atoms with Gasteiger partial charge in [-0.2, -0.15) is 0 Å². The smallest absolute Gasteiger partial charge is 0.213 e. The fraction of sp³-hybridized carbons (Fsp3) is 0.273. The first kappa shape index (κ1) is 11.9. The van der Waals surface area contributed by atoms with Gasteiger partial charge in [-0.05, 0) is 19.1 Å². The molecule has 0 saturated carbocycles. The van der Waals surface area contributed by atoms with Crippen LogP contribution in [0.5, 0.6) is 0 Å². The quantitative estimate of drug-likeness (QED) is 0.395. The van der Waals surface area contributed by atoms with Gasteiger partial charge in [0.15, 0.2) is 5.78 Å². The summed E-state index contributed by atoms with van der Waals surface area (Å²) in [6.07, 6.45) is 0. The van der Waals surface area contributed by atoms with Crippen molar-refractivity contribution in [1.29, 1.82) is 5.41 Å². The lowest BCUT2D eigenvalue weighted by molar-refractivity contribution is 0.102. The fourth-order valence-electron chi connectivity index (χ4n) is 1.14. The Hall–Kier alpha value is -1.16. The zero-order valence-corrected chi connectivity index (χ0v) is 10.0. The second-order valence-corrected chi connectivity index (χ2v) is 3.46. The van der Waals surface area contributed by atoms with Gasteiger partial charge in [-0.25, -0.2) is 0 Å². The van der Waals surface area contributed by atoms with E-state index in [-0.39, 0.29) is 11.7 Å². The Morgan fingerprint density at radius 3 is 2.73 bits per heavy atom. The first-order valence-electron chi connectivity index (χ1n) is 4.60. The van der Waals surface area contributed by atoms with Crippen LogP contribution in [0.3, 0.4) is 0 Å². The van der Waals surface area contributed by atoms with Crippen LogP contribution in [0.2, 0.25) is 0 Å². The molecule has 3 nitrogen and oxygen atoms in total. The number of hydrogen-bond donors (Lipinski definition) is 1. The molecule has 80 valence electrons. The first-order valence-corrected chi connectivity index (χ1v) is 5.72. The third-order valence-corrected chi connectivity index (χ3v) is 2.37. The standard InChI is InChI=1S/C11H12BrNO2/c1-2-15-11(13)9-5-3-4-8(6-9)10(14)7-12/h3-6,13H,2,7H2,1H3. The highest BCUT2D eigenvalue weighted by atomic mass is 79.9. The van der Waals surface area contributed by atoms with Gasteiger partial charge < -0.3 is 4.74 Å². The molecule has 0 aliphatic rings. The normalized spacial score (nSPS) is 9.73. The van der Waals surface area contributed by atoms with E-state index in [1.54, 1.807) is 24.3 Å². The molecule has 0 atom stereocenters. The number of Topliss-reactive ketones (excluding diaryl/α,β-unsaturated/α-hetero) is 1. The number of ketones is 1. The lowest BCUT2D eigenvalue weighted by Gasteiger charge is -2.05. The Morgan fingerprint density at radius 2 is 2.13 bits per heavy atom. The molecule has 0 spiro atoms. The third kappa shape index (κ3) is 3.16. The van der Waals surface area contributed by atoms with Crippen molar-refractivity contribution in [3.63, 3.8) is 0 Å². The highest BCUT2D eigenvalue weighted by molar-refractivity contribution is 9.09. The molecule has 0 aliphatic carbocycles. The van der Waals surface area contributed by atoms with E-state index in [0.29, 0.717) is 23.1 Å². The van der Waals surface area contributed by atoms with Crippen molar-refractivity contribution in [3.8, 4) is 0 Å². The SMILES string of the molecule is CCOC(=N)c1cccc(C(=O)CBr)c1. The van der Waals surface area contributed by atoms with E-state index < -0.39 is 0 Å². The van der Waals surface area contributed by atoms with Crippen LogP contribution < -0.4 is 0 Å². The Kier molecular flexibility index (Phi) is 4.49. The second kappa shape index (κ2) is 5.66. The lowest BCUT2D eigenvalue weighted by Crippen LogP contribution is -2.07. The monoisotopic (exact) mass is 269 g/mol. The maximum absolute atomic E-state index is 11.4. The predicted molar refractivity (Wildman–Crippen MR) is 63.0 cm³/mol. The average Bonchev–Trinajstić information content (AvgIpc) is 2.28. The zero-order chi connectivity index (χ0) is 11.3. The molecule has 0 unspecified atom stereocenters. The maximum atomic E-state index is 11.4. The van der Waals surface area contributed by atoms with E-state index in [0.717, 1.165) is 0 Å². The summed E-state index contributed by atoms with van der Waals surface area (Å²) in [6, 6.07) is 6.90. The minimum absolute atomic E-state index is 0.00106. The van der Waals surface area contributed by atoms with Gasteiger partial charge in [-0.1, -0.05) is 28.1 Å². The van der Waals surface area contributed by atoms with Gasteiger partial charge in [-0.3, -0.25) is 10.2 Å².